The number of halogens is 2. The SMILES string of the molecule is NC1CCC(c2ncc(-c3ccc(Br)cc3Cl)[nH]2)CC1. The largest absolute Gasteiger partial charge is 0.342 e. The van der Waals surface area contributed by atoms with Crippen LogP contribution >= 0.6 is 27.5 Å². The Bertz CT molecular complexity index is 603. The van der Waals surface area contributed by atoms with E-state index >= 15 is 0 Å². The van der Waals surface area contributed by atoms with Gasteiger partial charge in [0.1, 0.15) is 5.82 Å². The zero-order valence-electron chi connectivity index (χ0n) is 11.1. The Labute approximate surface area is 132 Å². The molecule has 1 aliphatic carbocycles. The van der Waals surface area contributed by atoms with Crippen LogP contribution in [0.15, 0.2) is 28.9 Å². The van der Waals surface area contributed by atoms with Gasteiger partial charge in [0.25, 0.3) is 0 Å². The summed E-state index contributed by atoms with van der Waals surface area (Å²) in [7, 11) is 0. The van der Waals surface area contributed by atoms with Crippen molar-refractivity contribution in [2.75, 3.05) is 0 Å². The van der Waals surface area contributed by atoms with Gasteiger partial charge in [-0.25, -0.2) is 4.98 Å². The second-order valence-electron chi connectivity index (χ2n) is 5.42. The Kier molecular flexibility index (Phi) is 4.15. The van der Waals surface area contributed by atoms with Gasteiger partial charge in [-0.1, -0.05) is 33.6 Å². The van der Waals surface area contributed by atoms with Crippen molar-refractivity contribution in [3.63, 3.8) is 0 Å². The van der Waals surface area contributed by atoms with E-state index in [1.807, 2.05) is 24.4 Å². The fourth-order valence-electron chi connectivity index (χ4n) is 2.78. The average molecular weight is 355 g/mol. The van der Waals surface area contributed by atoms with Gasteiger partial charge in [0.05, 0.1) is 16.9 Å². The minimum absolute atomic E-state index is 0.363. The zero-order valence-corrected chi connectivity index (χ0v) is 13.4. The molecule has 3 rings (SSSR count). The molecule has 1 aromatic carbocycles. The number of H-pyrrole nitrogens is 1. The Morgan fingerprint density at radius 3 is 2.70 bits per heavy atom. The molecule has 3 nitrogen and oxygen atoms in total. The maximum absolute atomic E-state index is 6.28. The smallest absolute Gasteiger partial charge is 0.109 e. The zero-order chi connectivity index (χ0) is 14.1. The van der Waals surface area contributed by atoms with Crippen molar-refractivity contribution >= 4 is 27.5 Å². The van der Waals surface area contributed by atoms with Crippen molar-refractivity contribution in [1.82, 2.24) is 9.97 Å². The fourth-order valence-corrected chi connectivity index (χ4v) is 3.56. The van der Waals surface area contributed by atoms with Crippen molar-refractivity contribution < 1.29 is 0 Å². The van der Waals surface area contributed by atoms with E-state index in [0.717, 1.165) is 52.3 Å². The van der Waals surface area contributed by atoms with Crippen molar-refractivity contribution in [3.8, 4) is 11.3 Å². The Morgan fingerprint density at radius 1 is 1.25 bits per heavy atom. The molecule has 3 N–H and O–H groups in total. The minimum Gasteiger partial charge on any atom is -0.342 e. The maximum atomic E-state index is 6.28. The third-order valence-corrected chi connectivity index (χ3v) is 4.78. The van der Waals surface area contributed by atoms with Gasteiger partial charge in [-0.2, -0.15) is 0 Å². The molecule has 0 saturated heterocycles. The Hall–Kier alpha value is -0.840. The topological polar surface area (TPSA) is 54.7 Å². The number of rotatable bonds is 2. The molecule has 0 atom stereocenters. The van der Waals surface area contributed by atoms with Crippen LogP contribution in [0.5, 0.6) is 0 Å². The summed E-state index contributed by atoms with van der Waals surface area (Å²) in [6.45, 7) is 0. The molecule has 1 saturated carbocycles. The Balaban J connectivity index is 1.83. The lowest BCUT2D eigenvalue weighted by Gasteiger charge is -2.24. The molecule has 0 amide bonds. The predicted octanol–water partition coefficient (Wildman–Crippen LogP) is 4.48. The van der Waals surface area contributed by atoms with Crippen molar-refractivity contribution in [1.29, 1.82) is 0 Å². The number of nitrogens with zero attached hydrogens (tertiary/aromatic N) is 1. The first-order valence-electron chi connectivity index (χ1n) is 6.89. The maximum Gasteiger partial charge on any atom is 0.109 e. The van der Waals surface area contributed by atoms with Gasteiger partial charge in [-0.15, -0.1) is 0 Å². The van der Waals surface area contributed by atoms with E-state index in [1.165, 1.54) is 0 Å². The summed E-state index contributed by atoms with van der Waals surface area (Å²) in [4.78, 5) is 7.96. The second kappa shape index (κ2) is 5.88. The van der Waals surface area contributed by atoms with E-state index < -0.39 is 0 Å². The first-order valence-corrected chi connectivity index (χ1v) is 8.06. The highest BCUT2D eigenvalue weighted by molar-refractivity contribution is 9.10. The van der Waals surface area contributed by atoms with Crippen molar-refractivity contribution in [2.24, 2.45) is 5.73 Å². The molecule has 1 aliphatic rings. The highest BCUT2D eigenvalue weighted by Crippen LogP contribution is 2.33. The van der Waals surface area contributed by atoms with Gasteiger partial charge in [-0.3, -0.25) is 0 Å². The van der Waals surface area contributed by atoms with Crippen LogP contribution in [0.2, 0.25) is 5.02 Å². The summed E-state index contributed by atoms with van der Waals surface area (Å²) in [5.74, 6) is 1.56. The first kappa shape index (κ1) is 14.1. The van der Waals surface area contributed by atoms with Gasteiger partial charge in [0, 0.05) is 22.0 Å². The molecule has 2 aromatic rings. The number of hydrogen-bond donors (Lipinski definition) is 2. The van der Waals surface area contributed by atoms with Crippen LogP contribution in [-0.2, 0) is 0 Å². The molecule has 106 valence electrons. The summed E-state index contributed by atoms with van der Waals surface area (Å²) < 4.78 is 0.979. The van der Waals surface area contributed by atoms with Gasteiger partial charge in [0.15, 0.2) is 0 Å². The van der Waals surface area contributed by atoms with E-state index in [-0.39, 0.29) is 0 Å². The van der Waals surface area contributed by atoms with Crippen LogP contribution in [0.1, 0.15) is 37.4 Å². The van der Waals surface area contributed by atoms with Crippen LogP contribution in [0.3, 0.4) is 0 Å². The molecule has 0 bridgehead atoms. The molecule has 0 aliphatic heterocycles. The van der Waals surface area contributed by atoms with Gasteiger partial charge in [0.2, 0.25) is 0 Å². The highest BCUT2D eigenvalue weighted by Gasteiger charge is 2.22. The van der Waals surface area contributed by atoms with Crippen LogP contribution < -0.4 is 5.73 Å². The number of hydrogen-bond acceptors (Lipinski definition) is 2. The van der Waals surface area contributed by atoms with Crippen LogP contribution in [0.4, 0.5) is 0 Å². The number of imidazole rings is 1. The van der Waals surface area contributed by atoms with E-state index in [9.17, 15) is 0 Å². The molecule has 0 radical (unpaired) electrons. The number of nitrogens with two attached hydrogens (primary N) is 1. The normalized spacial score (nSPS) is 22.9. The average Bonchev–Trinajstić information content (AvgIpc) is 2.89. The number of aromatic amines is 1. The van der Waals surface area contributed by atoms with E-state index in [1.54, 1.807) is 0 Å². The summed E-state index contributed by atoms with van der Waals surface area (Å²) in [5.41, 5.74) is 7.92. The van der Waals surface area contributed by atoms with Gasteiger partial charge < -0.3 is 10.7 Å². The van der Waals surface area contributed by atoms with Crippen LogP contribution in [0, 0.1) is 0 Å². The van der Waals surface area contributed by atoms with Crippen LogP contribution in [0.25, 0.3) is 11.3 Å². The number of nitrogens with one attached hydrogen (secondary N) is 1. The molecule has 20 heavy (non-hydrogen) atoms. The molecule has 5 heteroatoms. The van der Waals surface area contributed by atoms with E-state index in [4.69, 9.17) is 17.3 Å². The molecular formula is C15H17BrClN3. The molecular weight excluding hydrogens is 338 g/mol. The lowest BCUT2D eigenvalue weighted by molar-refractivity contribution is 0.386. The summed E-state index contributed by atoms with van der Waals surface area (Å²) in [6.07, 6.45) is 6.27. The van der Waals surface area contributed by atoms with Crippen molar-refractivity contribution in [2.45, 2.75) is 37.6 Å². The monoisotopic (exact) mass is 353 g/mol. The number of benzene rings is 1. The standard InChI is InChI=1S/C15H17BrClN3/c16-10-3-6-12(13(17)7-10)14-8-19-15(20-14)9-1-4-11(18)5-2-9/h3,6-9,11H,1-2,4-5,18H2,(H,19,20). The lowest BCUT2D eigenvalue weighted by Crippen LogP contribution is -2.26. The van der Waals surface area contributed by atoms with E-state index in [0.29, 0.717) is 12.0 Å². The first-order chi connectivity index (χ1) is 9.63. The quantitative estimate of drug-likeness (QED) is 0.835. The molecule has 0 spiro atoms. The lowest BCUT2D eigenvalue weighted by atomic mass is 9.86. The van der Waals surface area contributed by atoms with E-state index in [2.05, 4.69) is 25.9 Å². The third kappa shape index (κ3) is 2.92. The second-order valence-corrected chi connectivity index (χ2v) is 6.74. The van der Waals surface area contributed by atoms with Gasteiger partial charge in [-0.05, 0) is 37.8 Å². The number of aromatic nitrogens is 2. The summed E-state index contributed by atoms with van der Waals surface area (Å²) in [6, 6.07) is 6.25. The van der Waals surface area contributed by atoms with Crippen LogP contribution in [-0.4, -0.2) is 16.0 Å². The molecule has 1 fully saturated rings. The summed E-state index contributed by atoms with van der Waals surface area (Å²) in [5, 5.41) is 0.722. The Morgan fingerprint density at radius 2 is 2.00 bits per heavy atom. The fraction of sp³-hybridized carbons (Fsp3) is 0.400. The molecule has 1 heterocycles. The summed E-state index contributed by atoms with van der Waals surface area (Å²) >= 11 is 9.70. The third-order valence-electron chi connectivity index (χ3n) is 3.98. The highest BCUT2D eigenvalue weighted by atomic mass is 79.9. The molecule has 0 unspecified atom stereocenters. The van der Waals surface area contributed by atoms with Gasteiger partial charge >= 0.3 is 0 Å². The predicted molar refractivity (Wildman–Crippen MR) is 85.9 cm³/mol. The molecule has 1 aromatic heterocycles. The van der Waals surface area contributed by atoms with Crippen molar-refractivity contribution in [3.05, 3.63) is 39.7 Å². The minimum atomic E-state index is 0.363.